The Morgan fingerprint density at radius 1 is 0.950 bits per heavy atom. The van der Waals surface area contributed by atoms with Gasteiger partial charge in [0.1, 0.15) is 6.61 Å². The highest BCUT2D eigenvalue weighted by atomic mass is 79.9. The summed E-state index contributed by atoms with van der Waals surface area (Å²) in [6, 6.07) is 15.8. The molecule has 1 N–H and O–H groups in total. The molecule has 20 heavy (non-hydrogen) atoms. The first-order valence-electron chi connectivity index (χ1n) is 6.63. The van der Waals surface area contributed by atoms with Crippen LogP contribution in [-0.4, -0.2) is 19.8 Å². The van der Waals surface area contributed by atoms with Gasteiger partial charge in [0, 0.05) is 16.7 Å². The molecule has 2 aromatic carbocycles. The maximum Gasteiger partial charge on any atom is 0.161 e. The van der Waals surface area contributed by atoms with Crippen LogP contribution in [0.3, 0.4) is 0 Å². The quantitative estimate of drug-likeness (QED) is 0.763. The van der Waals surface area contributed by atoms with Gasteiger partial charge in [-0.25, -0.2) is 0 Å². The average Bonchev–Trinajstić information content (AvgIpc) is 2.47. The third-order valence-electron chi connectivity index (χ3n) is 2.68. The van der Waals surface area contributed by atoms with Gasteiger partial charge in [-0.15, -0.1) is 0 Å². The van der Waals surface area contributed by atoms with Gasteiger partial charge in [-0.05, 0) is 43.3 Å². The highest BCUT2D eigenvalue weighted by Gasteiger charge is 2.02. The lowest BCUT2D eigenvalue weighted by Gasteiger charge is -2.12. The lowest BCUT2D eigenvalue weighted by molar-refractivity contribution is 0.284. The number of hydrogen-bond acceptors (Lipinski definition) is 3. The summed E-state index contributed by atoms with van der Waals surface area (Å²) in [5.41, 5.74) is 1.08. The minimum absolute atomic E-state index is 0.583. The third-order valence-corrected chi connectivity index (χ3v) is 3.21. The molecule has 0 unspecified atom stereocenters. The molecule has 0 atom stereocenters. The third kappa shape index (κ3) is 4.46. The monoisotopic (exact) mass is 335 g/mol. The molecule has 0 amide bonds. The van der Waals surface area contributed by atoms with Gasteiger partial charge >= 0.3 is 0 Å². The van der Waals surface area contributed by atoms with Crippen LogP contribution < -0.4 is 14.8 Å². The molecule has 0 radical (unpaired) electrons. The molecule has 3 nitrogen and oxygen atoms in total. The van der Waals surface area contributed by atoms with Gasteiger partial charge in [0.15, 0.2) is 11.5 Å². The number of para-hydroxylation sites is 2. The second kappa shape index (κ2) is 7.80. The van der Waals surface area contributed by atoms with Crippen molar-refractivity contribution < 1.29 is 9.47 Å². The fraction of sp³-hybridized carbons (Fsp3) is 0.250. The highest BCUT2D eigenvalue weighted by molar-refractivity contribution is 9.10. The summed E-state index contributed by atoms with van der Waals surface area (Å²) in [5, 5.41) is 3.31. The van der Waals surface area contributed by atoms with E-state index >= 15 is 0 Å². The molecule has 2 rings (SSSR count). The maximum absolute atomic E-state index is 5.74. The van der Waals surface area contributed by atoms with E-state index in [1.807, 2.05) is 55.5 Å². The van der Waals surface area contributed by atoms with Gasteiger partial charge in [-0.2, -0.15) is 0 Å². The molecule has 0 saturated carbocycles. The van der Waals surface area contributed by atoms with Gasteiger partial charge in [-0.1, -0.05) is 28.1 Å². The van der Waals surface area contributed by atoms with Crippen LogP contribution in [0.15, 0.2) is 53.0 Å². The van der Waals surface area contributed by atoms with Gasteiger partial charge in [0.2, 0.25) is 0 Å². The Hall–Kier alpha value is -1.68. The number of nitrogens with one attached hydrogen (secondary N) is 1. The van der Waals surface area contributed by atoms with E-state index < -0.39 is 0 Å². The molecule has 0 aliphatic rings. The number of anilines is 1. The first-order chi connectivity index (χ1) is 9.79. The number of halogens is 1. The number of hydrogen-bond donors (Lipinski definition) is 1. The fourth-order valence-electron chi connectivity index (χ4n) is 1.77. The molecular weight excluding hydrogens is 318 g/mol. The van der Waals surface area contributed by atoms with Crippen LogP contribution in [0, 0.1) is 0 Å². The molecule has 0 saturated heterocycles. The molecule has 0 spiro atoms. The summed E-state index contributed by atoms with van der Waals surface area (Å²) in [6.07, 6.45) is 0. The van der Waals surface area contributed by atoms with E-state index in [1.165, 1.54) is 0 Å². The Labute approximate surface area is 128 Å². The van der Waals surface area contributed by atoms with Crippen molar-refractivity contribution in [2.45, 2.75) is 6.92 Å². The van der Waals surface area contributed by atoms with E-state index in [9.17, 15) is 0 Å². The smallest absolute Gasteiger partial charge is 0.161 e. The molecule has 0 aliphatic heterocycles. The lowest BCUT2D eigenvalue weighted by Crippen LogP contribution is -2.11. The second-order valence-electron chi connectivity index (χ2n) is 4.16. The zero-order valence-electron chi connectivity index (χ0n) is 11.4. The van der Waals surface area contributed by atoms with Gasteiger partial charge in [-0.3, -0.25) is 0 Å². The zero-order chi connectivity index (χ0) is 14.2. The molecule has 0 fully saturated rings. The summed E-state index contributed by atoms with van der Waals surface area (Å²) in [6.45, 7) is 3.92. The van der Waals surface area contributed by atoms with Crippen LogP contribution in [0.2, 0.25) is 0 Å². The molecule has 106 valence electrons. The fourth-order valence-corrected chi connectivity index (χ4v) is 2.03. The molecule has 0 aliphatic carbocycles. The summed E-state index contributed by atoms with van der Waals surface area (Å²) in [4.78, 5) is 0. The first kappa shape index (κ1) is 14.7. The van der Waals surface area contributed by atoms with Crippen molar-refractivity contribution in [3.8, 4) is 11.5 Å². The van der Waals surface area contributed by atoms with Crippen LogP contribution in [0.4, 0.5) is 5.69 Å². The van der Waals surface area contributed by atoms with Gasteiger partial charge in [0.05, 0.1) is 6.61 Å². The van der Waals surface area contributed by atoms with E-state index in [-0.39, 0.29) is 0 Å². The topological polar surface area (TPSA) is 30.5 Å². The van der Waals surface area contributed by atoms with Crippen molar-refractivity contribution in [1.82, 2.24) is 0 Å². The van der Waals surface area contributed by atoms with Crippen LogP contribution in [0.25, 0.3) is 0 Å². The largest absolute Gasteiger partial charge is 0.490 e. The lowest BCUT2D eigenvalue weighted by atomic mass is 10.3. The number of benzene rings is 2. The minimum Gasteiger partial charge on any atom is -0.490 e. The molecule has 2 aromatic rings. The van der Waals surface area contributed by atoms with E-state index in [2.05, 4.69) is 21.2 Å². The van der Waals surface area contributed by atoms with E-state index in [0.717, 1.165) is 28.2 Å². The van der Waals surface area contributed by atoms with E-state index in [1.54, 1.807) is 0 Å². The predicted molar refractivity (Wildman–Crippen MR) is 85.7 cm³/mol. The Kier molecular flexibility index (Phi) is 5.74. The summed E-state index contributed by atoms with van der Waals surface area (Å²) < 4.78 is 12.3. The van der Waals surface area contributed by atoms with Crippen molar-refractivity contribution in [3.63, 3.8) is 0 Å². The zero-order valence-corrected chi connectivity index (χ0v) is 13.0. The summed E-state index contributed by atoms with van der Waals surface area (Å²) in [5.74, 6) is 1.57. The average molecular weight is 336 g/mol. The van der Waals surface area contributed by atoms with E-state index in [4.69, 9.17) is 9.47 Å². The standard InChI is InChI=1S/C16H18BrNO2/c1-2-19-15-5-3-4-6-16(15)20-12-11-18-14-9-7-13(17)8-10-14/h3-10,18H,2,11-12H2,1H3. The Bertz CT molecular complexity index is 528. The summed E-state index contributed by atoms with van der Waals surface area (Å²) in [7, 11) is 0. The van der Waals surface area contributed by atoms with E-state index in [0.29, 0.717) is 13.2 Å². The molecular formula is C16H18BrNO2. The SMILES string of the molecule is CCOc1ccccc1OCCNc1ccc(Br)cc1. The normalized spacial score (nSPS) is 10.1. The number of rotatable bonds is 7. The number of ether oxygens (including phenoxy) is 2. The first-order valence-corrected chi connectivity index (χ1v) is 7.43. The van der Waals surface area contributed by atoms with Crippen molar-refractivity contribution in [3.05, 3.63) is 53.0 Å². The molecule has 4 heteroatoms. The van der Waals surface area contributed by atoms with Gasteiger partial charge in [0.25, 0.3) is 0 Å². The van der Waals surface area contributed by atoms with Crippen LogP contribution >= 0.6 is 15.9 Å². The predicted octanol–water partition coefficient (Wildman–Crippen LogP) is 4.34. The Morgan fingerprint density at radius 2 is 1.60 bits per heavy atom. The molecule has 0 heterocycles. The molecule has 0 bridgehead atoms. The van der Waals surface area contributed by atoms with Gasteiger partial charge < -0.3 is 14.8 Å². The Morgan fingerprint density at radius 3 is 2.25 bits per heavy atom. The van der Waals surface area contributed by atoms with Crippen molar-refractivity contribution >= 4 is 21.6 Å². The maximum atomic E-state index is 5.74. The van der Waals surface area contributed by atoms with Crippen LogP contribution in [0.5, 0.6) is 11.5 Å². The van der Waals surface area contributed by atoms with Crippen molar-refractivity contribution in [2.24, 2.45) is 0 Å². The Balaban J connectivity index is 1.79. The van der Waals surface area contributed by atoms with Crippen LogP contribution in [-0.2, 0) is 0 Å². The summed E-state index contributed by atoms with van der Waals surface area (Å²) >= 11 is 3.41. The van der Waals surface area contributed by atoms with Crippen molar-refractivity contribution in [1.29, 1.82) is 0 Å². The molecule has 0 aromatic heterocycles. The highest BCUT2D eigenvalue weighted by Crippen LogP contribution is 2.26. The minimum atomic E-state index is 0.583. The second-order valence-corrected chi connectivity index (χ2v) is 5.08. The van der Waals surface area contributed by atoms with Crippen LogP contribution in [0.1, 0.15) is 6.92 Å². The van der Waals surface area contributed by atoms with Crippen molar-refractivity contribution in [2.75, 3.05) is 25.1 Å².